The third-order valence-electron chi connectivity index (χ3n) is 4.13. The number of urea groups is 1. The number of hydrogen-bond donors (Lipinski definition) is 1. The molecule has 2 rings (SSSR count). The first-order valence-electron chi connectivity index (χ1n) is 7.99. The van der Waals surface area contributed by atoms with Crippen molar-refractivity contribution in [3.63, 3.8) is 0 Å². The van der Waals surface area contributed by atoms with E-state index >= 15 is 0 Å². The number of thiazole rings is 1. The predicted molar refractivity (Wildman–Crippen MR) is 96.0 cm³/mol. The van der Waals surface area contributed by atoms with Gasteiger partial charge in [-0.15, -0.1) is 11.3 Å². The highest BCUT2D eigenvalue weighted by Gasteiger charge is 2.23. The van der Waals surface area contributed by atoms with Crippen LogP contribution < -0.4 is 5.32 Å². The summed E-state index contributed by atoms with van der Waals surface area (Å²) in [5, 5.41) is 4.81. The van der Waals surface area contributed by atoms with Crippen LogP contribution in [0, 0.1) is 6.92 Å². The van der Waals surface area contributed by atoms with Crippen molar-refractivity contribution >= 4 is 29.1 Å². The fourth-order valence-electron chi connectivity index (χ4n) is 2.55. The number of carbonyl (C=O) groups is 1. The SMILES string of the molecule is Cc1nc(C(C)C)sc1C(C)N(C)C(=O)NCC1CCCS1. The minimum Gasteiger partial charge on any atom is -0.337 e. The Labute approximate surface area is 142 Å². The topological polar surface area (TPSA) is 45.2 Å². The minimum atomic E-state index is 0.0129. The Hall–Kier alpha value is -0.750. The van der Waals surface area contributed by atoms with Crippen LogP contribution in [0.15, 0.2) is 0 Å². The molecule has 0 aliphatic carbocycles. The van der Waals surface area contributed by atoms with Crippen LogP contribution in [0.2, 0.25) is 0 Å². The van der Waals surface area contributed by atoms with Gasteiger partial charge in [-0.1, -0.05) is 13.8 Å². The number of amides is 2. The fraction of sp³-hybridized carbons (Fsp3) is 0.750. The Morgan fingerprint density at radius 1 is 1.45 bits per heavy atom. The molecular formula is C16H27N3OS2. The van der Waals surface area contributed by atoms with Gasteiger partial charge in [0.2, 0.25) is 0 Å². The molecule has 0 aromatic carbocycles. The molecule has 124 valence electrons. The molecule has 6 heteroatoms. The second-order valence-corrected chi connectivity index (χ2v) is 8.73. The van der Waals surface area contributed by atoms with E-state index in [1.807, 2.05) is 25.7 Å². The van der Waals surface area contributed by atoms with Crippen molar-refractivity contribution in [2.45, 2.75) is 57.7 Å². The maximum atomic E-state index is 12.4. The first kappa shape index (κ1) is 17.6. The summed E-state index contributed by atoms with van der Waals surface area (Å²) in [6, 6.07) is 0.0696. The van der Waals surface area contributed by atoms with Crippen LogP contribution in [-0.2, 0) is 0 Å². The maximum Gasteiger partial charge on any atom is 0.317 e. The molecule has 2 atom stereocenters. The van der Waals surface area contributed by atoms with Crippen LogP contribution in [0.1, 0.15) is 61.2 Å². The molecular weight excluding hydrogens is 314 g/mol. The van der Waals surface area contributed by atoms with Gasteiger partial charge in [-0.05, 0) is 32.4 Å². The number of nitrogens with one attached hydrogen (secondary N) is 1. The Morgan fingerprint density at radius 3 is 2.73 bits per heavy atom. The van der Waals surface area contributed by atoms with Crippen LogP contribution in [0.5, 0.6) is 0 Å². The predicted octanol–water partition coefficient (Wildman–Crippen LogP) is 4.17. The summed E-state index contributed by atoms with van der Waals surface area (Å²) >= 11 is 3.70. The van der Waals surface area contributed by atoms with Crippen molar-refractivity contribution in [3.05, 3.63) is 15.6 Å². The standard InChI is InChI=1S/C16H27N3OS2/c1-10(2)15-18-11(3)14(22-15)12(4)19(5)16(20)17-9-13-7-6-8-21-13/h10,12-13H,6-9H2,1-5H3,(H,17,20). The van der Waals surface area contributed by atoms with Crippen LogP contribution in [0.3, 0.4) is 0 Å². The van der Waals surface area contributed by atoms with Gasteiger partial charge in [0.15, 0.2) is 0 Å². The van der Waals surface area contributed by atoms with E-state index in [1.165, 1.54) is 23.5 Å². The summed E-state index contributed by atoms with van der Waals surface area (Å²) in [6.45, 7) is 9.20. The van der Waals surface area contributed by atoms with Crippen LogP contribution >= 0.6 is 23.1 Å². The molecule has 1 aromatic heterocycles. The molecule has 1 aromatic rings. The summed E-state index contributed by atoms with van der Waals surface area (Å²) in [5.74, 6) is 1.66. The average Bonchev–Trinajstić information content (AvgIpc) is 3.12. The van der Waals surface area contributed by atoms with Gasteiger partial charge in [-0.3, -0.25) is 0 Å². The van der Waals surface area contributed by atoms with Gasteiger partial charge >= 0.3 is 6.03 Å². The smallest absolute Gasteiger partial charge is 0.317 e. The molecule has 0 radical (unpaired) electrons. The number of aromatic nitrogens is 1. The summed E-state index contributed by atoms with van der Waals surface area (Å²) in [5.41, 5.74) is 1.05. The first-order valence-corrected chi connectivity index (χ1v) is 9.86. The van der Waals surface area contributed by atoms with Gasteiger partial charge in [-0.25, -0.2) is 9.78 Å². The van der Waals surface area contributed by atoms with Crippen LogP contribution in [0.25, 0.3) is 0 Å². The molecule has 1 fully saturated rings. The molecule has 2 unspecified atom stereocenters. The highest BCUT2D eigenvalue weighted by atomic mass is 32.2. The monoisotopic (exact) mass is 341 g/mol. The van der Waals surface area contributed by atoms with Crippen molar-refractivity contribution < 1.29 is 4.79 Å². The summed E-state index contributed by atoms with van der Waals surface area (Å²) in [7, 11) is 1.87. The van der Waals surface area contributed by atoms with E-state index in [4.69, 9.17) is 0 Å². The summed E-state index contributed by atoms with van der Waals surface area (Å²) in [6.07, 6.45) is 2.49. The number of nitrogens with zero attached hydrogens (tertiary/aromatic N) is 2. The zero-order valence-electron chi connectivity index (χ0n) is 14.2. The molecule has 4 nitrogen and oxygen atoms in total. The molecule has 0 spiro atoms. The molecule has 1 N–H and O–H groups in total. The van der Waals surface area contributed by atoms with E-state index in [0.29, 0.717) is 11.2 Å². The van der Waals surface area contributed by atoms with E-state index in [2.05, 4.69) is 31.1 Å². The Kier molecular flexibility index (Phi) is 6.15. The average molecular weight is 342 g/mol. The van der Waals surface area contributed by atoms with Crippen molar-refractivity contribution in [1.82, 2.24) is 15.2 Å². The number of carbonyl (C=O) groups excluding carboxylic acids is 1. The van der Waals surface area contributed by atoms with E-state index in [-0.39, 0.29) is 12.1 Å². The highest BCUT2D eigenvalue weighted by Crippen LogP contribution is 2.32. The molecule has 22 heavy (non-hydrogen) atoms. The van der Waals surface area contributed by atoms with Crippen molar-refractivity contribution in [1.29, 1.82) is 0 Å². The number of rotatable bonds is 5. The van der Waals surface area contributed by atoms with Gasteiger partial charge in [0.1, 0.15) is 0 Å². The zero-order chi connectivity index (χ0) is 16.3. The molecule has 0 bridgehead atoms. The van der Waals surface area contributed by atoms with Gasteiger partial charge in [0.05, 0.1) is 16.7 Å². The molecule has 2 heterocycles. The lowest BCUT2D eigenvalue weighted by Gasteiger charge is -2.25. The minimum absolute atomic E-state index is 0.0129. The van der Waals surface area contributed by atoms with Gasteiger partial charge in [0, 0.05) is 29.6 Å². The second kappa shape index (κ2) is 7.68. The zero-order valence-corrected chi connectivity index (χ0v) is 15.8. The van der Waals surface area contributed by atoms with Crippen LogP contribution in [-0.4, -0.2) is 40.5 Å². The third-order valence-corrected chi connectivity index (χ3v) is 7.16. The van der Waals surface area contributed by atoms with Crippen molar-refractivity contribution in [2.24, 2.45) is 0 Å². The van der Waals surface area contributed by atoms with E-state index in [9.17, 15) is 4.79 Å². The lowest BCUT2D eigenvalue weighted by molar-refractivity contribution is 0.195. The second-order valence-electron chi connectivity index (χ2n) is 6.26. The Morgan fingerprint density at radius 2 is 2.18 bits per heavy atom. The van der Waals surface area contributed by atoms with Gasteiger partial charge in [-0.2, -0.15) is 11.8 Å². The lowest BCUT2D eigenvalue weighted by Crippen LogP contribution is -2.41. The van der Waals surface area contributed by atoms with Crippen LogP contribution in [0.4, 0.5) is 4.79 Å². The van der Waals surface area contributed by atoms with E-state index in [1.54, 1.807) is 16.2 Å². The van der Waals surface area contributed by atoms with Gasteiger partial charge in [0.25, 0.3) is 0 Å². The summed E-state index contributed by atoms with van der Waals surface area (Å²) in [4.78, 5) is 20.0. The first-order chi connectivity index (χ1) is 10.4. The highest BCUT2D eigenvalue weighted by molar-refractivity contribution is 8.00. The van der Waals surface area contributed by atoms with Gasteiger partial charge < -0.3 is 10.2 Å². The van der Waals surface area contributed by atoms with E-state index < -0.39 is 0 Å². The fourth-order valence-corrected chi connectivity index (χ4v) is 4.91. The van der Waals surface area contributed by atoms with Crippen molar-refractivity contribution in [2.75, 3.05) is 19.3 Å². The van der Waals surface area contributed by atoms with E-state index in [0.717, 1.165) is 17.2 Å². The molecule has 0 saturated carbocycles. The Balaban J connectivity index is 1.95. The lowest BCUT2D eigenvalue weighted by atomic mass is 10.2. The summed E-state index contributed by atoms with van der Waals surface area (Å²) < 4.78 is 0. The number of aryl methyl sites for hydroxylation is 1. The van der Waals surface area contributed by atoms with Crippen molar-refractivity contribution in [3.8, 4) is 0 Å². The molecule has 1 aliphatic heterocycles. The molecule has 1 saturated heterocycles. The normalized spacial score (nSPS) is 19.5. The number of hydrogen-bond acceptors (Lipinski definition) is 4. The maximum absolute atomic E-state index is 12.4. The molecule has 1 aliphatic rings. The largest absolute Gasteiger partial charge is 0.337 e. The Bertz CT molecular complexity index is 509. The quantitative estimate of drug-likeness (QED) is 0.874. The molecule has 2 amide bonds. The number of thioether (sulfide) groups is 1. The third kappa shape index (κ3) is 4.16.